The Morgan fingerprint density at radius 2 is 1.83 bits per heavy atom. The maximum Gasteiger partial charge on any atom is 0.407 e. The maximum absolute atomic E-state index is 13.4. The topological polar surface area (TPSA) is 88.1 Å². The van der Waals surface area contributed by atoms with Crippen molar-refractivity contribution in [3.05, 3.63) is 35.7 Å². The summed E-state index contributed by atoms with van der Waals surface area (Å²) < 4.78 is 9.02. The van der Waals surface area contributed by atoms with Gasteiger partial charge in [0.05, 0.1) is 13.2 Å². The van der Waals surface area contributed by atoms with Crippen LogP contribution in [0.1, 0.15) is 31.3 Å². The molecule has 4 rings (SSSR count). The van der Waals surface area contributed by atoms with Gasteiger partial charge in [-0.05, 0) is 52.0 Å². The summed E-state index contributed by atoms with van der Waals surface area (Å²) in [6, 6.07) is 5.35. The molecule has 1 aromatic carbocycles. The molecule has 2 aromatic rings. The fourth-order valence-electron chi connectivity index (χ4n) is 3.98. The number of amidine groups is 1. The van der Waals surface area contributed by atoms with E-state index < -0.39 is 24.0 Å². The van der Waals surface area contributed by atoms with Crippen LogP contribution in [0.2, 0.25) is 0 Å². The lowest BCUT2D eigenvalue weighted by molar-refractivity contribution is -0.682. The number of imide groups is 1. The molecule has 3 heterocycles. The highest BCUT2D eigenvalue weighted by atomic mass is 16.5. The first-order valence-corrected chi connectivity index (χ1v) is 9.66. The summed E-state index contributed by atoms with van der Waals surface area (Å²) in [6.07, 6.45) is 0. The van der Waals surface area contributed by atoms with Crippen LogP contribution in [-0.4, -0.2) is 58.1 Å². The number of hydrogen-bond donors (Lipinski definition) is 0. The number of urea groups is 1. The molecule has 9 heteroatoms. The Kier molecular flexibility index (Phi) is 4.48. The molecular weight excluding hydrogens is 386 g/mol. The number of hydrogen-bond acceptors (Lipinski definition) is 5. The SMILES string of the molecule is COc1ccc(-n2c(C)c(C)[n+]3c2N=C2C3C(=O)N(C(C)C(C)=O)C(=O)N2C)cc1. The summed E-state index contributed by atoms with van der Waals surface area (Å²) in [5, 5.41) is 0. The Morgan fingerprint density at radius 3 is 2.40 bits per heavy atom. The van der Waals surface area contributed by atoms with Crippen LogP contribution in [0.15, 0.2) is 29.3 Å². The Balaban J connectivity index is 1.88. The first-order chi connectivity index (χ1) is 14.2. The van der Waals surface area contributed by atoms with Crippen molar-refractivity contribution >= 4 is 29.5 Å². The van der Waals surface area contributed by atoms with Crippen LogP contribution in [0.25, 0.3) is 5.69 Å². The summed E-state index contributed by atoms with van der Waals surface area (Å²) in [7, 11) is 3.18. The highest BCUT2D eigenvalue weighted by molar-refractivity contribution is 6.20. The molecule has 0 spiro atoms. The molecule has 0 radical (unpaired) electrons. The van der Waals surface area contributed by atoms with E-state index in [1.807, 2.05) is 47.2 Å². The number of Topliss-reactive ketones (excluding diaryl/α,β-unsaturated/α-hetero) is 1. The smallest absolute Gasteiger partial charge is 0.407 e. The zero-order valence-corrected chi connectivity index (χ0v) is 17.8. The minimum atomic E-state index is -0.844. The molecule has 2 aliphatic rings. The first-order valence-electron chi connectivity index (χ1n) is 9.66. The summed E-state index contributed by atoms with van der Waals surface area (Å²) >= 11 is 0. The highest BCUT2D eigenvalue weighted by Crippen LogP contribution is 2.33. The minimum absolute atomic E-state index is 0.252. The Bertz CT molecular complexity index is 1120. The van der Waals surface area contributed by atoms with Crippen molar-refractivity contribution in [2.75, 3.05) is 14.2 Å². The van der Waals surface area contributed by atoms with E-state index in [4.69, 9.17) is 4.74 Å². The molecule has 30 heavy (non-hydrogen) atoms. The predicted molar refractivity (Wildman–Crippen MR) is 108 cm³/mol. The van der Waals surface area contributed by atoms with Crippen molar-refractivity contribution in [2.24, 2.45) is 4.99 Å². The van der Waals surface area contributed by atoms with Gasteiger partial charge in [0.2, 0.25) is 11.9 Å². The van der Waals surface area contributed by atoms with E-state index in [1.165, 1.54) is 11.8 Å². The number of ketones is 1. The Morgan fingerprint density at radius 1 is 1.20 bits per heavy atom. The van der Waals surface area contributed by atoms with Gasteiger partial charge in [0.1, 0.15) is 22.8 Å². The molecule has 1 fully saturated rings. The number of fused-ring (bicyclic) bond motifs is 3. The summed E-state index contributed by atoms with van der Waals surface area (Å²) in [5.74, 6) is 0.951. The van der Waals surface area contributed by atoms with Crippen LogP contribution in [0, 0.1) is 13.8 Å². The minimum Gasteiger partial charge on any atom is -0.497 e. The number of carbonyl (C=O) groups is 3. The molecule has 0 N–H and O–H groups in total. The number of methoxy groups -OCH3 is 1. The lowest BCUT2D eigenvalue weighted by Gasteiger charge is -2.35. The molecular formula is C21H24N5O4+. The van der Waals surface area contributed by atoms with E-state index in [9.17, 15) is 14.4 Å². The number of amides is 3. The largest absolute Gasteiger partial charge is 0.497 e. The van der Waals surface area contributed by atoms with E-state index in [0.717, 1.165) is 27.7 Å². The summed E-state index contributed by atoms with van der Waals surface area (Å²) in [4.78, 5) is 45.2. The van der Waals surface area contributed by atoms with Crippen LogP contribution in [0.3, 0.4) is 0 Å². The molecule has 2 unspecified atom stereocenters. The zero-order valence-electron chi connectivity index (χ0n) is 17.8. The van der Waals surface area contributed by atoms with Gasteiger partial charge >= 0.3 is 12.0 Å². The van der Waals surface area contributed by atoms with Gasteiger partial charge in [0.25, 0.3) is 5.91 Å². The van der Waals surface area contributed by atoms with Gasteiger partial charge in [-0.2, -0.15) is 4.57 Å². The number of aliphatic imine (C=N–C) groups is 1. The van der Waals surface area contributed by atoms with Crippen LogP contribution in [0.4, 0.5) is 10.7 Å². The fourth-order valence-corrected chi connectivity index (χ4v) is 3.98. The second-order valence-electron chi connectivity index (χ2n) is 7.58. The second kappa shape index (κ2) is 6.79. The van der Waals surface area contributed by atoms with Crippen LogP contribution in [0.5, 0.6) is 5.75 Å². The quantitative estimate of drug-likeness (QED) is 0.720. The van der Waals surface area contributed by atoms with Crippen molar-refractivity contribution in [1.29, 1.82) is 0 Å². The Labute approximate surface area is 174 Å². The van der Waals surface area contributed by atoms with Gasteiger partial charge in [-0.1, -0.05) is 4.99 Å². The van der Waals surface area contributed by atoms with E-state index in [0.29, 0.717) is 11.8 Å². The van der Waals surface area contributed by atoms with Crippen LogP contribution in [-0.2, 0) is 9.59 Å². The number of imidazole rings is 1. The average Bonchev–Trinajstić information content (AvgIpc) is 3.22. The number of benzene rings is 1. The molecule has 9 nitrogen and oxygen atoms in total. The van der Waals surface area contributed by atoms with Gasteiger partial charge in [-0.25, -0.2) is 14.3 Å². The third-order valence-corrected chi connectivity index (χ3v) is 5.97. The second-order valence-corrected chi connectivity index (χ2v) is 7.58. The lowest BCUT2D eigenvalue weighted by atomic mass is 10.1. The third-order valence-electron chi connectivity index (χ3n) is 5.97. The van der Waals surface area contributed by atoms with Gasteiger partial charge in [-0.3, -0.25) is 14.5 Å². The van der Waals surface area contributed by atoms with Crippen LogP contribution >= 0.6 is 0 Å². The number of rotatable bonds is 4. The zero-order chi connectivity index (χ0) is 21.9. The molecule has 3 amide bonds. The Hall–Kier alpha value is -3.49. The summed E-state index contributed by atoms with van der Waals surface area (Å²) in [6.45, 7) is 6.81. The molecule has 156 valence electrons. The van der Waals surface area contributed by atoms with E-state index >= 15 is 0 Å². The third kappa shape index (κ3) is 2.58. The molecule has 0 aliphatic carbocycles. The number of carbonyl (C=O) groups excluding carboxylic acids is 3. The van der Waals surface area contributed by atoms with Crippen molar-refractivity contribution in [3.8, 4) is 11.4 Å². The molecule has 2 aliphatic heterocycles. The van der Waals surface area contributed by atoms with Gasteiger partial charge < -0.3 is 4.74 Å². The van der Waals surface area contributed by atoms with Crippen molar-refractivity contribution < 1.29 is 23.7 Å². The molecule has 1 aromatic heterocycles. The molecule has 0 saturated carbocycles. The van der Waals surface area contributed by atoms with Crippen molar-refractivity contribution in [3.63, 3.8) is 0 Å². The van der Waals surface area contributed by atoms with E-state index in [2.05, 4.69) is 4.99 Å². The van der Waals surface area contributed by atoms with E-state index in [1.54, 1.807) is 21.1 Å². The molecule has 1 saturated heterocycles. The number of likely N-dealkylation sites (N-methyl/N-ethyl adjacent to an activating group) is 1. The number of ether oxygens (including phenoxy) is 1. The van der Waals surface area contributed by atoms with Gasteiger partial charge in [0.15, 0.2) is 5.78 Å². The predicted octanol–water partition coefficient (Wildman–Crippen LogP) is 1.85. The van der Waals surface area contributed by atoms with E-state index in [-0.39, 0.29) is 5.78 Å². The van der Waals surface area contributed by atoms with Gasteiger partial charge in [-0.15, -0.1) is 0 Å². The van der Waals surface area contributed by atoms with Gasteiger partial charge in [0, 0.05) is 7.05 Å². The van der Waals surface area contributed by atoms with Crippen molar-refractivity contribution in [2.45, 2.75) is 39.8 Å². The number of nitrogens with zero attached hydrogens (tertiary/aromatic N) is 5. The first kappa shape index (κ1) is 19.8. The standard InChI is InChI=1S/C21H24N5O4/c1-11-12(2)25-17-18(23(5)21(29)26(19(17)28)13(3)14(4)27)22-20(25)24(11)15-7-9-16(30-6)10-8-15/h7-10,13,17H,1-6H3/q+1. The van der Waals surface area contributed by atoms with Crippen LogP contribution < -0.4 is 9.30 Å². The van der Waals surface area contributed by atoms with Crippen molar-refractivity contribution in [1.82, 2.24) is 14.4 Å². The lowest BCUT2D eigenvalue weighted by Crippen LogP contribution is -2.65. The summed E-state index contributed by atoms with van der Waals surface area (Å²) in [5.41, 5.74) is 2.65. The average molecular weight is 410 g/mol. The highest BCUT2D eigenvalue weighted by Gasteiger charge is 2.55. The molecule has 2 atom stereocenters. The fraction of sp³-hybridized carbons (Fsp3) is 0.381. The maximum atomic E-state index is 13.4. The molecule has 0 bridgehead atoms. The number of aromatic nitrogens is 2. The normalized spacial score (nSPS) is 18.9. The monoisotopic (exact) mass is 410 g/mol.